The first-order chi connectivity index (χ1) is 27.2. The third-order valence-corrected chi connectivity index (χ3v) is 10.1. The molecule has 51 heavy (non-hydrogen) atoms. The monoisotopic (exact) mass is 664 g/mol. The van der Waals surface area contributed by atoms with Crippen molar-refractivity contribution in [3.05, 3.63) is 163 Å². The van der Waals surface area contributed by atoms with Crippen molar-refractivity contribution in [3.8, 4) is 22.5 Å². The van der Waals surface area contributed by atoms with Gasteiger partial charge in [-0.15, -0.1) is 0 Å². The lowest BCUT2D eigenvalue weighted by Gasteiger charge is -2.45. The number of nitrogens with zero attached hydrogens (tertiary/aromatic N) is 4. The van der Waals surface area contributed by atoms with Gasteiger partial charge in [0.05, 0.1) is 22.8 Å². The summed E-state index contributed by atoms with van der Waals surface area (Å²) < 4.78 is 48.9. The van der Waals surface area contributed by atoms with Crippen molar-refractivity contribution < 1.29 is 8.22 Å². The molecule has 4 nitrogen and oxygen atoms in total. The molecular weight excluding hydrogens is 619 g/mol. The lowest BCUT2D eigenvalue weighted by Crippen LogP contribution is -2.61. The number of anilines is 6. The molecule has 0 fully saturated rings. The maximum atomic E-state index is 8.15. The molecule has 0 radical (unpaired) electrons. The van der Waals surface area contributed by atoms with Gasteiger partial charge in [-0.2, -0.15) is 0 Å². The van der Waals surface area contributed by atoms with Gasteiger partial charge in [0, 0.05) is 54.5 Å². The molecule has 2 aliphatic rings. The van der Waals surface area contributed by atoms with Crippen molar-refractivity contribution in [2.24, 2.45) is 0 Å². The number of rotatable bonds is 4. The number of hydrogen-bond acceptors (Lipinski definition) is 4. The van der Waals surface area contributed by atoms with E-state index in [9.17, 15) is 0 Å². The van der Waals surface area contributed by atoms with Crippen LogP contribution in [0.1, 0.15) is 45.7 Å². The van der Waals surface area contributed by atoms with Crippen LogP contribution in [-0.2, 0) is 5.41 Å². The van der Waals surface area contributed by atoms with Gasteiger partial charge in [0.1, 0.15) is 0 Å². The Morgan fingerprint density at radius 2 is 0.941 bits per heavy atom. The van der Waals surface area contributed by atoms with Crippen LogP contribution in [-0.4, -0.2) is 16.7 Å². The van der Waals surface area contributed by atoms with Gasteiger partial charge in [-0.05, 0) is 113 Å². The largest absolute Gasteiger partial charge is 0.311 e. The molecule has 2 aliphatic heterocycles. The highest BCUT2D eigenvalue weighted by molar-refractivity contribution is 7.00. The van der Waals surface area contributed by atoms with E-state index in [2.05, 4.69) is 103 Å². The molecule has 7 aromatic rings. The van der Waals surface area contributed by atoms with E-state index in [1.807, 2.05) is 36.4 Å². The van der Waals surface area contributed by atoms with Crippen LogP contribution >= 0.6 is 0 Å². The molecule has 0 atom stereocenters. The molecule has 2 aromatic heterocycles. The lowest BCUT2D eigenvalue weighted by atomic mass is 9.33. The van der Waals surface area contributed by atoms with Gasteiger partial charge < -0.3 is 9.80 Å². The van der Waals surface area contributed by atoms with Crippen LogP contribution in [0.4, 0.5) is 34.1 Å². The predicted molar refractivity (Wildman–Crippen MR) is 215 cm³/mol. The van der Waals surface area contributed by atoms with Crippen molar-refractivity contribution in [1.82, 2.24) is 9.97 Å². The Hall–Kier alpha value is -5.94. The molecule has 0 aliphatic carbocycles. The SMILES string of the molecule is [2H]C([2H])([2H])c1ccnc(-c2ccccc2N2c3ccccc3B3c4ccccc4N(c4ccccc4-c4cc(C([2H])([2H])[2H])ccn4)c4cc(C(C)(C)C)cc2c43)c1. The fraction of sp³-hybridized carbons (Fsp3) is 0.130. The van der Waals surface area contributed by atoms with Crippen LogP contribution in [0.5, 0.6) is 0 Å². The summed E-state index contributed by atoms with van der Waals surface area (Å²) >= 11 is 0. The standard InChI is InChI=1S/C46H39BN4/c1-30-22-24-48-37(26-30)33-14-6-10-18-39(33)50-41-20-12-8-16-35(41)47-36-17-9-13-21-42(36)51(44-29-32(46(3,4)5)28-43(50)45(44)47)40-19-11-7-15-34(40)38-27-31(2)23-25-49-38/h6-29H,1-5H3/i1D3,2D3. The van der Waals surface area contributed by atoms with Gasteiger partial charge in [-0.1, -0.05) is 93.6 Å². The van der Waals surface area contributed by atoms with E-state index in [4.69, 9.17) is 18.2 Å². The zero-order valence-corrected chi connectivity index (χ0v) is 28.7. The number of hydrogen-bond donors (Lipinski definition) is 0. The molecule has 9 rings (SSSR count). The quantitative estimate of drug-likeness (QED) is 0.175. The topological polar surface area (TPSA) is 32.3 Å². The minimum Gasteiger partial charge on any atom is -0.311 e. The summed E-state index contributed by atoms with van der Waals surface area (Å²) in [6.45, 7) is 1.98. The number of para-hydroxylation sites is 4. The van der Waals surface area contributed by atoms with Crippen LogP contribution in [0, 0.1) is 13.7 Å². The first kappa shape index (κ1) is 25.1. The smallest absolute Gasteiger partial charge is 0.252 e. The van der Waals surface area contributed by atoms with Crippen molar-refractivity contribution in [2.45, 2.75) is 39.9 Å². The highest BCUT2D eigenvalue weighted by Gasteiger charge is 2.44. The molecule has 5 heteroatoms. The molecule has 4 heterocycles. The van der Waals surface area contributed by atoms with Gasteiger partial charge in [0.2, 0.25) is 0 Å². The third-order valence-electron chi connectivity index (χ3n) is 10.1. The van der Waals surface area contributed by atoms with Crippen LogP contribution in [0.15, 0.2) is 146 Å². The second-order valence-electron chi connectivity index (χ2n) is 14.3. The molecule has 0 N–H and O–H groups in total. The lowest BCUT2D eigenvalue weighted by molar-refractivity contribution is 0.590. The minimum absolute atomic E-state index is 0.114. The van der Waals surface area contributed by atoms with Crippen LogP contribution in [0.25, 0.3) is 22.5 Å². The number of benzene rings is 5. The Morgan fingerprint density at radius 1 is 0.510 bits per heavy atom. The molecule has 5 aromatic carbocycles. The normalized spacial score (nSPS) is 15.3. The molecular formula is C46H39BN4. The second kappa shape index (κ2) is 11.8. The minimum atomic E-state index is -2.28. The van der Waals surface area contributed by atoms with E-state index < -0.39 is 13.7 Å². The molecule has 0 spiro atoms. The fourth-order valence-corrected chi connectivity index (χ4v) is 7.78. The Labute approximate surface area is 309 Å². The predicted octanol–water partition coefficient (Wildman–Crippen LogP) is 9.81. The highest BCUT2D eigenvalue weighted by atomic mass is 15.2. The van der Waals surface area contributed by atoms with Crippen molar-refractivity contribution in [1.29, 1.82) is 0 Å². The maximum Gasteiger partial charge on any atom is 0.252 e. The summed E-state index contributed by atoms with van der Waals surface area (Å²) in [5.41, 5.74) is 13.4. The van der Waals surface area contributed by atoms with Gasteiger partial charge >= 0.3 is 0 Å². The van der Waals surface area contributed by atoms with Gasteiger partial charge in [0.15, 0.2) is 0 Å². The average molecular weight is 665 g/mol. The Balaban J connectivity index is 1.35. The zero-order chi connectivity index (χ0) is 39.9. The summed E-state index contributed by atoms with van der Waals surface area (Å²) in [5.74, 6) is 0. The third kappa shape index (κ3) is 5.07. The van der Waals surface area contributed by atoms with E-state index >= 15 is 0 Å². The summed E-state index contributed by atoms with van der Waals surface area (Å²) in [5, 5.41) is 0. The summed E-state index contributed by atoms with van der Waals surface area (Å²) in [6.07, 6.45) is 3.15. The number of pyridine rings is 2. The fourth-order valence-electron chi connectivity index (χ4n) is 7.78. The molecule has 0 unspecified atom stereocenters. The average Bonchev–Trinajstić information content (AvgIpc) is 3.20. The van der Waals surface area contributed by atoms with E-state index in [-0.39, 0.29) is 23.3 Å². The molecule has 246 valence electrons. The van der Waals surface area contributed by atoms with E-state index in [0.29, 0.717) is 11.4 Å². The van der Waals surface area contributed by atoms with Crippen molar-refractivity contribution >= 4 is 57.2 Å². The number of fused-ring (bicyclic) bond motifs is 4. The van der Waals surface area contributed by atoms with Crippen LogP contribution in [0.2, 0.25) is 0 Å². The summed E-state index contributed by atoms with van der Waals surface area (Å²) in [4.78, 5) is 14.1. The number of aryl methyl sites for hydroxylation is 2. The molecule has 0 amide bonds. The Bertz CT molecular complexity index is 2530. The van der Waals surface area contributed by atoms with Crippen molar-refractivity contribution in [3.63, 3.8) is 0 Å². The maximum absolute atomic E-state index is 8.15. The Morgan fingerprint density at radius 3 is 1.39 bits per heavy atom. The van der Waals surface area contributed by atoms with E-state index in [1.54, 1.807) is 36.7 Å². The van der Waals surface area contributed by atoms with E-state index in [0.717, 1.165) is 67.2 Å². The first-order valence-corrected chi connectivity index (χ1v) is 17.3. The van der Waals surface area contributed by atoms with Gasteiger partial charge in [-0.25, -0.2) is 0 Å². The Kier molecular flexibility index (Phi) is 5.83. The van der Waals surface area contributed by atoms with Gasteiger partial charge in [0.25, 0.3) is 6.71 Å². The van der Waals surface area contributed by atoms with Crippen LogP contribution in [0.3, 0.4) is 0 Å². The molecule has 0 saturated carbocycles. The summed E-state index contributed by atoms with van der Waals surface area (Å²) in [7, 11) is 0. The van der Waals surface area contributed by atoms with E-state index in [1.165, 1.54) is 0 Å². The zero-order valence-electron chi connectivity index (χ0n) is 34.7. The molecule has 0 bridgehead atoms. The second-order valence-corrected chi connectivity index (χ2v) is 14.3. The highest BCUT2D eigenvalue weighted by Crippen LogP contribution is 2.48. The van der Waals surface area contributed by atoms with Crippen molar-refractivity contribution in [2.75, 3.05) is 9.80 Å². The molecule has 0 saturated heterocycles. The first-order valence-electron chi connectivity index (χ1n) is 20.3. The summed E-state index contributed by atoms with van der Waals surface area (Å²) in [6, 6.07) is 44.3. The van der Waals surface area contributed by atoms with Crippen LogP contribution < -0.4 is 26.2 Å². The number of aromatic nitrogens is 2. The van der Waals surface area contributed by atoms with Gasteiger partial charge in [-0.3, -0.25) is 9.97 Å².